The van der Waals surface area contributed by atoms with Crippen molar-refractivity contribution in [2.45, 2.75) is 6.42 Å². The van der Waals surface area contributed by atoms with Crippen molar-refractivity contribution >= 4 is 24.5 Å². The third kappa shape index (κ3) is 4.06. The van der Waals surface area contributed by atoms with Gasteiger partial charge in [0.1, 0.15) is 0 Å². The molecule has 0 saturated carbocycles. The molecule has 0 heterocycles. The second-order valence-electron chi connectivity index (χ2n) is 3.15. The Hall–Kier alpha value is -2.18. The lowest BCUT2D eigenvalue weighted by Crippen LogP contribution is -2.27. The SMILES string of the molecule is N#CCCN(S)C(=O)Nc1cccc(C#N)c1. The Morgan fingerprint density at radius 1 is 1.47 bits per heavy atom. The van der Waals surface area contributed by atoms with Crippen molar-refractivity contribution in [1.82, 2.24) is 4.31 Å². The second-order valence-corrected chi connectivity index (χ2v) is 3.64. The standard InChI is InChI=1S/C11H10N4OS/c12-5-2-6-15(17)11(16)14-10-4-1-3-9(7-10)8-13/h1,3-4,7,17H,2,6H2,(H,14,16). The van der Waals surface area contributed by atoms with Crippen LogP contribution in [0.3, 0.4) is 0 Å². The smallest absolute Gasteiger partial charge is 0.307 e. The summed E-state index contributed by atoms with van der Waals surface area (Å²) in [4.78, 5) is 11.6. The van der Waals surface area contributed by atoms with Gasteiger partial charge in [-0.05, 0) is 18.2 Å². The number of nitrogens with one attached hydrogen (secondary N) is 1. The maximum Gasteiger partial charge on any atom is 0.331 e. The van der Waals surface area contributed by atoms with E-state index in [1.165, 1.54) is 0 Å². The molecule has 17 heavy (non-hydrogen) atoms. The van der Waals surface area contributed by atoms with Gasteiger partial charge in [-0.1, -0.05) is 18.9 Å². The monoisotopic (exact) mass is 246 g/mol. The number of hydrogen-bond acceptors (Lipinski definition) is 4. The second kappa shape index (κ2) is 6.41. The highest BCUT2D eigenvalue weighted by molar-refractivity contribution is 7.78. The molecule has 86 valence electrons. The molecule has 1 N–H and O–H groups in total. The molecule has 0 aliphatic carbocycles. The zero-order valence-electron chi connectivity index (χ0n) is 8.92. The maximum atomic E-state index is 11.6. The highest BCUT2D eigenvalue weighted by Gasteiger charge is 2.09. The Bertz CT molecular complexity index is 489. The van der Waals surface area contributed by atoms with E-state index in [0.717, 1.165) is 4.31 Å². The van der Waals surface area contributed by atoms with E-state index in [1.807, 2.05) is 12.1 Å². The average molecular weight is 246 g/mol. The summed E-state index contributed by atoms with van der Waals surface area (Å²) in [5, 5.41) is 19.6. The fourth-order valence-electron chi connectivity index (χ4n) is 1.11. The number of amides is 2. The Morgan fingerprint density at radius 3 is 2.88 bits per heavy atom. The van der Waals surface area contributed by atoms with Crippen LogP contribution in [0.5, 0.6) is 0 Å². The van der Waals surface area contributed by atoms with Crippen molar-refractivity contribution in [3.8, 4) is 12.1 Å². The lowest BCUT2D eigenvalue weighted by molar-refractivity contribution is 0.239. The molecule has 6 heteroatoms. The average Bonchev–Trinajstić information content (AvgIpc) is 2.36. The summed E-state index contributed by atoms with van der Waals surface area (Å²) >= 11 is 3.94. The molecule has 2 amide bonds. The van der Waals surface area contributed by atoms with Gasteiger partial charge < -0.3 is 5.32 Å². The van der Waals surface area contributed by atoms with Crippen LogP contribution < -0.4 is 5.32 Å². The number of urea groups is 1. The Kier molecular flexibility index (Phi) is 4.86. The summed E-state index contributed by atoms with van der Waals surface area (Å²) in [6.07, 6.45) is 0.217. The van der Waals surface area contributed by atoms with E-state index in [4.69, 9.17) is 10.5 Å². The highest BCUT2D eigenvalue weighted by atomic mass is 32.1. The van der Waals surface area contributed by atoms with Crippen molar-refractivity contribution in [3.05, 3.63) is 29.8 Å². The number of benzene rings is 1. The summed E-state index contributed by atoms with van der Waals surface area (Å²) in [5.74, 6) is 0. The first kappa shape index (κ1) is 12.9. The van der Waals surface area contributed by atoms with Crippen molar-refractivity contribution in [2.24, 2.45) is 0 Å². The summed E-state index contributed by atoms with van der Waals surface area (Å²) in [5.41, 5.74) is 0.982. The van der Waals surface area contributed by atoms with Gasteiger partial charge >= 0.3 is 6.03 Å². The largest absolute Gasteiger partial charge is 0.331 e. The van der Waals surface area contributed by atoms with E-state index in [-0.39, 0.29) is 13.0 Å². The van der Waals surface area contributed by atoms with Crippen molar-refractivity contribution in [3.63, 3.8) is 0 Å². The van der Waals surface area contributed by atoms with E-state index < -0.39 is 6.03 Å². The highest BCUT2D eigenvalue weighted by Crippen LogP contribution is 2.11. The first-order valence-electron chi connectivity index (χ1n) is 4.82. The number of nitriles is 2. The number of nitrogens with zero attached hydrogens (tertiary/aromatic N) is 3. The Morgan fingerprint density at radius 2 is 2.24 bits per heavy atom. The molecule has 1 aromatic carbocycles. The van der Waals surface area contributed by atoms with Gasteiger partial charge in [-0.3, -0.25) is 4.31 Å². The van der Waals surface area contributed by atoms with Crippen LogP contribution in [-0.2, 0) is 0 Å². The Balaban J connectivity index is 2.62. The van der Waals surface area contributed by atoms with Gasteiger partial charge in [0.2, 0.25) is 0 Å². The maximum absolute atomic E-state index is 11.6. The predicted octanol–water partition coefficient (Wildman–Crippen LogP) is 2.15. The minimum atomic E-state index is -0.432. The van der Waals surface area contributed by atoms with Crippen LogP contribution in [0.4, 0.5) is 10.5 Å². The molecule has 0 aliphatic rings. The van der Waals surface area contributed by atoms with Crippen LogP contribution in [0.1, 0.15) is 12.0 Å². The molecule has 0 unspecified atom stereocenters. The van der Waals surface area contributed by atoms with E-state index in [2.05, 4.69) is 18.1 Å². The van der Waals surface area contributed by atoms with Crippen molar-refractivity contribution in [1.29, 1.82) is 10.5 Å². The van der Waals surface area contributed by atoms with Gasteiger partial charge in [-0.2, -0.15) is 10.5 Å². The van der Waals surface area contributed by atoms with E-state index in [0.29, 0.717) is 11.3 Å². The van der Waals surface area contributed by atoms with Gasteiger partial charge in [0.05, 0.1) is 24.1 Å². The molecule has 0 bridgehead atoms. The molecule has 1 aromatic rings. The van der Waals surface area contributed by atoms with Gasteiger partial charge in [-0.15, -0.1) is 0 Å². The minimum Gasteiger partial charge on any atom is -0.307 e. The van der Waals surface area contributed by atoms with Crippen LogP contribution in [-0.4, -0.2) is 16.9 Å². The van der Waals surface area contributed by atoms with Crippen LogP contribution in [0.2, 0.25) is 0 Å². The normalized spacial score (nSPS) is 8.88. The quantitative estimate of drug-likeness (QED) is 0.802. The third-order valence-electron chi connectivity index (χ3n) is 1.91. The summed E-state index contributed by atoms with van der Waals surface area (Å²) in [6, 6.07) is 10.0. The zero-order chi connectivity index (χ0) is 12.7. The molecule has 1 rings (SSSR count). The fraction of sp³-hybridized carbons (Fsp3) is 0.182. The molecule has 5 nitrogen and oxygen atoms in total. The third-order valence-corrected chi connectivity index (χ3v) is 2.29. The summed E-state index contributed by atoms with van der Waals surface area (Å²) in [7, 11) is 0. The number of thiol groups is 1. The molecule has 0 spiro atoms. The molecule has 0 saturated heterocycles. The van der Waals surface area contributed by atoms with Crippen LogP contribution in [0.25, 0.3) is 0 Å². The van der Waals surface area contributed by atoms with Gasteiger partial charge in [0, 0.05) is 12.2 Å². The molecule has 0 fully saturated rings. The first-order chi connectivity index (χ1) is 8.17. The molecule has 0 atom stereocenters. The van der Waals surface area contributed by atoms with Crippen LogP contribution >= 0.6 is 12.8 Å². The lowest BCUT2D eigenvalue weighted by atomic mass is 10.2. The van der Waals surface area contributed by atoms with E-state index >= 15 is 0 Å². The molecular weight excluding hydrogens is 236 g/mol. The topological polar surface area (TPSA) is 79.9 Å². The number of hydrogen-bond donors (Lipinski definition) is 2. The number of anilines is 1. The van der Waals surface area contributed by atoms with Gasteiger partial charge in [-0.25, -0.2) is 4.79 Å². The van der Waals surface area contributed by atoms with Gasteiger partial charge in [0.15, 0.2) is 0 Å². The predicted molar refractivity (Wildman–Crippen MR) is 66.1 cm³/mol. The minimum absolute atomic E-state index is 0.217. The van der Waals surface area contributed by atoms with Crippen LogP contribution in [0, 0.1) is 22.7 Å². The number of carbonyl (C=O) groups is 1. The molecular formula is C11H10N4OS. The fourth-order valence-corrected chi connectivity index (χ4v) is 1.26. The summed E-state index contributed by atoms with van der Waals surface area (Å²) in [6.45, 7) is 0.239. The number of carbonyl (C=O) groups excluding carboxylic acids is 1. The first-order valence-corrected chi connectivity index (χ1v) is 5.22. The molecule has 0 aliphatic heterocycles. The molecule has 0 aromatic heterocycles. The van der Waals surface area contributed by atoms with E-state index in [9.17, 15) is 4.79 Å². The van der Waals surface area contributed by atoms with E-state index in [1.54, 1.807) is 24.3 Å². The Labute approximate surface area is 105 Å². The van der Waals surface area contributed by atoms with Gasteiger partial charge in [0.25, 0.3) is 0 Å². The number of rotatable bonds is 3. The van der Waals surface area contributed by atoms with Crippen molar-refractivity contribution in [2.75, 3.05) is 11.9 Å². The van der Waals surface area contributed by atoms with Crippen molar-refractivity contribution < 1.29 is 4.79 Å². The lowest BCUT2D eigenvalue weighted by Gasteiger charge is -2.14. The molecule has 0 radical (unpaired) electrons. The summed E-state index contributed by atoms with van der Waals surface area (Å²) < 4.78 is 1.11. The van der Waals surface area contributed by atoms with Crippen LogP contribution in [0.15, 0.2) is 24.3 Å². The zero-order valence-corrected chi connectivity index (χ0v) is 9.82.